The molecule has 0 amide bonds. The Morgan fingerprint density at radius 1 is 0.632 bits per heavy atom. The summed E-state index contributed by atoms with van der Waals surface area (Å²) in [6, 6.07) is 2.12. The molecule has 2 aromatic carbocycles. The molecule has 0 bridgehead atoms. The third-order valence-electron chi connectivity index (χ3n) is 2.89. The van der Waals surface area contributed by atoms with Crippen molar-refractivity contribution in [2.24, 2.45) is 0 Å². The third-order valence-corrected chi connectivity index (χ3v) is 4.13. The largest absolute Gasteiger partial charge is 0.506 e. The van der Waals surface area contributed by atoms with E-state index in [9.17, 15) is 30.6 Å². The molecule has 3 aromatic rings. The quantitative estimate of drug-likeness (QED) is 0.277. The summed E-state index contributed by atoms with van der Waals surface area (Å²) in [6.07, 6.45) is 0. The molecule has 19 heavy (non-hydrogen) atoms. The molecular formula is C12H8O6S. The molecule has 0 aliphatic carbocycles. The molecule has 0 radical (unpaired) electrons. The fourth-order valence-electron chi connectivity index (χ4n) is 2.00. The average Bonchev–Trinajstić information content (AvgIpc) is 2.73. The van der Waals surface area contributed by atoms with Crippen molar-refractivity contribution in [2.75, 3.05) is 0 Å². The molecule has 1 aromatic heterocycles. The lowest BCUT2D eigenvalue weighted by molar-refractivity contribution is 0.372. The Labute approximate surface area is 109 Å². The highest BCUT2D eigenvalue weighted by atomic mass is 32.1. The fourth-order valence-corrected chi connectivity index (χ4v) is 3.14. The third kappa shape index (κ3) is 1.36. The van der Waals surface area contributed by atoms with E-state index in [2.05, 4.69) is 0 Å². The number of hydrogen-bond acceptors (Lipinski definition) is 7. The zero-order chi connectivity index (χ0) is 13.9. The molecule has 98 valence electrons. The van der Waals surface area contributed by atoms with E-state index in [-0.39, 0.29) is 25.9 Å². The Hall–Kier alpha value is -2.54. The number of rotatable bonds is 0. The van der Waals surface area contributed by atoms with Crippen molar-refractivity contribution in [3.8, 4) is 34.5 Å². The molecule has 1 heterocycles. The van der Waals surface area contributed by atoms with E-state index in [1.54, 1.807) is 0 Å². The van der Waals surface area contributed by atoms with Gasteiger partial charge < -0.3 is 30.6 Å². The predicted molar refractivity (Wildman–Crippen MR) is 69.3 cm³/mol. The summed E-state index contributed by atoms with van der Waals surface area (Å²) >= 11 is 0.918. The van der Waals surface area contributed by atoms with Crippen LogP contribution in [0.4, 0.5) is 0 Å². The monoisotopic (exact) mass is 280 g/mol. The highest BCUT2D eigenvalue weighted by Crippen LogP contribution is 2.53. The smallest absolute Gasteiger partial charge is 0.201 e. The van der Waals surface area contributed by atoms with E-state index in [1.165, 1.54) is 0 Å². The first-order chi connectivity index (χ1) is 8.91. The SMILES string of the molecule is Oc1cc2c(sc3c(O)cc(O)c(O)c32)c(O)c1O. The lowest BCUT2D eigenvalue weighted by Gasteiger charge is -2.03. The van der Waals surface area contributed by atoms with Crippen molar-refractivity contribution < 1.29 is 30.6 Å². The van der Waals surface area contributed by atoms with E-state index in [4.69, 9.17) is 0 Å². The first-order valence-corrected chi connectivity index (χ1v) is 5.97. The first kappa shape index (κ1) is 11.5. The molecule has 0 atom stereocenters. The van der Waals surface area contributed by atoms with Gasteiger partial charge in [-0.3, -0.25) is 0 Å². The van der Waals surface area contributed by atoms with Gasteiger partial charge in [0.25, 0.3) is 0 Å². The Morgan fingerprint density at radius 3 is 1.95 bits per heavy atom. The Balaban J connectivity index is 2.66. The second-order valence-corrected chi connectivity index (χ2v) is 5.06. The van der Waals surface area contributed by atoms with Crippen LogP contribution in [0, 0.1) is 0 Å². The van der Waals surface area contributed by atoms with Gasteiger partial charge in [0.2, 0.25) is 5.75 Å². The molecule has 0 spiro atoms. The molecule has 0 saturated carbocycles. The van der Waals surface area contributed by atoms with Crippen LogP contribution in [0.25, 0.3) is 20.2 Å². The van der Waals surface area contributed by atoms with Crippen LogP contribution in [0.5, 0.6) is 34.5 Å². The molecule has 0 saturated heterocycles. The number of phenolic OH excluding ortho intramolecular Hbond substituents is 6. The van der Waals surface area contributed by atoms with E-state index in [0.29, 0.717) is 0 Å². The number of hydrogen-bond donors (Lipinski definition) is 6. The lowest BCUT2D eigenvalue weighted by atomic mass is 10.1. The van der Waals surface area contributed by atoms with Gasteiger partial charge >= 0.3 is 0 Å². The van der Waals surface area contributed by atoms with Gasteiger partial charge in [0.15, 0.2) is 23.0 Å². The van der Waals surface area contributed by atoms with Crippen LogP contribution in [-0.2, 0) is 0 Å². The minimum Gasteiger partial charge on any atom is -0.506 e. The average molecular weight is 280 g/mol. The predicted octanol–water partition coefficient (Wildman–Crippen LogP) is 2.29. The highest BCUT2D eigenvalue weighted by Gasteiger charge is 2.21. The Morgan fingerprint density at radius 2 is 1.26 bits per heavy atom. The molecule has 7 heteroatoms. The molecular weight excluding hydrogens is 272 g/mol. The summed E-state index contributed by atoms with van der Waals surface area (Å²) in [5.74, 6) is -3.05. The molecule has 0 fully saturated rings. The maximum absolute atomic E-state index is 9.84. The molecule has 0 unspecified atom stereocenters. The Kier molecular flexibility index (Phi) is 2.12. The van der Waals surface area contributed by atoms with Crippen LogP contribution in [0.1, 0.15) is 0 Å². The van der Waals surface area contributed by atoms with Gasteiger partial charge in [-0.1, -0.05) is 0 Å². The standard InChI is InChI=1S/C12H8O6S/c13-4-1-3-7-8(16)5(14)2-6(15)12(7)19-11(3)10(18)9(4)17/h1-2,13-18H. The number of thiophene rings is 1. The maximum Gasteiger partial charge on any atom is 0.201 e. The highest BCUT2D eigenvalue weighted by molar-refractivity contribution is 7.26. The van der Waals surface area contributed by atoms with Gasteiger partial charge in [0.05, 0.1) is 14.8 Å². The van der Waals surface area contributed by atoms with Crippen molar-refractivity contribution in [2.45, 2.75) is 0 Å². The van der Waals surface area contributed by atoms with Crippen molar-refractivity contribution in [3.63, 3.8) is 0 Å². The minimum absolute atomic E-state index is 0.100. The van der Waals surface area contributed by atoms with E-state index < -0.39 is 28.7 Å². The molecule has 3 rings (SSSR count). The van der Waals surface area contributed by atoms with Crippen molar-refractivity contribution in [1.29, 1.82) is 0 Å². The van der Waals surface area contributed by atoms with Gasteiger partial charge in [-0.2, -0.15) is 0 Å². The summed E-state index contributed by atoms with van der Waals surface area (Å²) in [5, 5.41) is 58.1. The zero-order valence-electron chi connectivity index (χ0n) is 9.25. The van der Waals surface area contributed by atoms with Crippen molar-refractivity contribution in [1.82, 2.24) is 0 Å². The second kappa shape index (κ2) is 3.48. The van der Waals surface area contributed by atoms with Crippen LogP contribution in [-0.4, -0.2) is 30.6 Å². The summed E-state index contributed by atoms with van der Waals surface area (Å²) in [5.41, 5.74) is 0. The lowest BCUT2D eigenvalue weighted by Crippen LogP contribution is -1.75. The van der Waals surface area contributed by atoms with Crippen molar-refractivity contribution >= 4 is 31.5 Å². The molecule has 0 aliphatic rings. The second-order valence-electron chi connectivity index (χ2n) is 4.04. The molecule has 6 N–H and O–H groups in total. The molecule has 0 aliphatic heterocycles. The van der Waals surface area contributed by atoms with Gasteiger partial charge in [-0.25, -0.2) is 0 Å². The summed E-state index contributed by atoms with van der Waals surface area (Å²) in [6.45, 7) is 0. The normalized spacial score (nSPS) is 11.4. The van der Waals surface area contributed by atoms with Crippen molar-refractivity contribution in [3.05, 3.63) is 12.1 Å². The molecule has 6 nitrogen and oxygen atoms in total. The zero-order valence-corrected chi connectivity index (χ0v) is 10.1. The van der Waals surface area contributed by atoms with Gasteiger partial charge in [0, 0.05) is 11.5 Å². The van der Waals surface area contributed by atoms with Crippen LogP contribution in [0.15, 0.2) is 12.1 Å². The van der Waals surface area contributed by atoms with Gasteiger partial charge in [-0.05, 0) is 6.07 Å². The van der Waals surface area contributed by atoms with Crippen LogP contribution in [0.2, 0.25) is 0 Å². The first-order valence-electron chi connectivity index (χ1n) is 5.15. The number of phenols is 6. The Bertz CT molecular complexity index is 836. The number of fused-ring (bicyclic) bond motifs is 3. The van der Waals surface area contributed by atoms with Crippen LogP contribution >= 0.6 is 11.3 Å². The summed E-state index contributed by atoms with van der Waals surface area (Å²) < 4.78 is 0.409. The topological polar surface area (TPSA) is 121 Å². The van der Waals surface area contributed by atoms with Crippen LogP contribution < -0.4 is 0 Å². The maximum atomic E-state index is 9.84. The van der Waals surface area contributed by atoms with E-state index in [1.807, 2.05) is 0 Å². The minimum atomic E-state index is -0.678. The fraction of sp³-hybridized carbons (Fsp3) is 0. The summed E-state index contributed by atoms with van der Waals surface area (Å²) in [7, 11) is 0. The summed E-state index contributed by atoms with van der Waals surface area (Å²) in [4.78, 5) is 0. The van der Waals surface area contributed by atoms with Crippen LogP contribution in [0.3, 0.4) is 0 Å². The van der Waals surface area contributed by atoms with Gasteiger partial charge in [0.1, 0.15) is 5.75 Å². The van der Waals surface area contributed by atoms with E-state index >= 15 is 0 Å². The number of benzene rings is 2. The van der Waals surface area contributed by atoms with Gasteiger partial charge in [-0.15, -0.1) is 11.3 Å². The van der Waals surface area contributed by atoms with E-state index in [0.717, 1.165) is 23.5 Å². The number of aromatic hydroxyl groups is 6.